The van der Waals surface area contributed by atoms with Gasteiger partial charge in [-0.1, -0.05) is 18.2 Å². The molecule has 4 heteroatoms. The van der Waals surface area contributed by atoms with Gasteiger partial charge in [0.1, 0.15) is 5.75 Å². The standard InChI is InChI=1S/C15H21NO3/c1-11(10-15(18)16-12(2)8-9-17)13-6-4-5-7-14(13)19-3/h4-7,10,12,17H,8-9H2,1-3H3,(H,16,18)/b11-10+/t12-/m1/s1. The number of allylic oxidation sites excluding steroid dienone is 1. The summed E-state index contributed by atoms with van der Waals surface area (Å²) in [4.78, 5) is 11.8. The molecular weight excluding hydrogens is 242 g/mol. The highest BCUT2D eigenvalue weighted by molar-refractivity contribution is 5.95. The molecule has 0 aliphatic carbocycles. The number of hydrogen-bond acceptors (Lipinski definition) is 3. The maximum atomic E-state index is 11.8. The maximum absolute atomic E-state index is 11.8. The van der Waals surface area contributed by atoms with Crippen molar-refractivity contribution in [1.29, 1.82) is 0 Å². The molecular formula is C15H21NO3. The number of para-hydroxylation sites is 1. The van der Waals surface area contributed by atoms with Gasteiger partial charge in [-0.2, -0.15) is 0 Å². The lowest BCUT2D eigenvalue weighted by Gasteiger charge is -2.12. The van der Waals surface area contributed by atoms with E-state index in [1.165, 1.54) is 0 Å². The summed E-state index contributed by atoms with van der Waals surface area (Å²) in [6.07, 6.45) is 2.10. The largest absolute Gasteiger partial charge is 0.496 e. The Hall–Kier alpha value is -1.81. The molecule has 0 heterocycles. The molecule has 0 saturated heterocycles. The summed E-state index contributed by atoms with van der Waals surface area (Å²) in [6, 6.07) is 7.52. The maximum Gasteiger partial charge on any atom is 0.244 e. The molecule has 0 aliphatic heterocycles. The third-order valence-corrected chi connectivity index (χ3v) is 2.83. The Balaban J connectivity index is 2.78. The Kier molecular flexibility index (Phi) is 6.09. The number of rotatable bonds is 6. The number of carbonyl (C=O) groups is 1. The summed E-state index contributed by atoms with van der Waals surface area (Å²) in [6.45, 7) is 3.80. The van der Waals surface area contributed by atoms with Crippen molar-refractivity contribution in [1.82, 2.24) is 5.32 Å². The molecule has 0 unspecified atom stereocenters. The van der Waals surface area contributed by atoms with Crippen molar-refractivity contribution >= 4 is 11.5 Å². The molecule has 0 fully saturated rings. The summed E-state index contributed by atoms with van der Waals surface area (Å²) >= 11 is 0. The van der Waals surface area contributed by atoms with Gasteiger partial charge in [-0.15, -0.1) is 0 Å². The number of carbonyl (C=O) groups excluding carboxylic acids is 1. The minimum absolute atomic E-state index is 0.0424. The second-order valence-electron chi connectivity index (χ2n) is 4.45. The van der Waals surface area contributed by atoms with Crippen LogP contribution in [0.2, 0.25) is 0 Å². The first-order valence-corrected chi connectivity index (χ1v) is 6.31. The molecule has 2 N–H and O–H groups in total. The molecule has 4 nitrogen and oxygen atoms in total. The van der Waals surface area contributed by atoms with Crippen LogP contribution in [0, 0.1) is 0 Å². The van der Waals surface area contributed by atoms with Gasteiger partial charge in [0.15, 0.2) is 0 Å². The number of methoxy groups -OCH3 is 1. The first-order chi connectivity index (χ1) is 9.08. The van der Waals surface area contributed by atoms with Gasteiger partial charge in [-0.3, -0.25) is 4.79 Å². The van der Waals surface area contributed by atoms with Crippen LogP contribution in [-0.4, -0.2) is 30.8 Å². The number of amides is 1. The quantitative estimate of drug-likeness (QED) is 0.772. The summed E-state index contributed by atoms with van der Waals surface area (Å²) in [5.74, 6) is 0.580. The zero-order valence-electron chi connectivity index (χ0n) is 11.6. The second-order valence-corrected chi connectivity index (χ2v) is 4.45. The molecule has 1 rings (SSSR count). The highest BCUT2D eigenvalue weighted by atomic mass is 16.5. The average molecular weight is 263 g/mol. The molecule has 0 aromatic heterocycles. The van der Waals surface area contributed by atoms with Gasteiger partial charge >= 0.3 is 0 Å². The van der Waals surface area contributed by atoms with Crippen LogP contribution in [0.15, 0.2) is 30.3 Å². The van der Waals surface area contributed by atoms with Crippen LogP contribution < -0.4 is 10.1 Å². The van der Waals surface area contributed by atoms with E-state index in [-0.39, 0.29) is 18.6 Å². The fourth-order valence-corrected chi connectivity index (χ4v) is 1.80. The zero-order valence-corrected chi connectivity index (χ0v) is 11.6. The Morgan fingerprint density at radius 1 is 1.47 bits per heavy atom. The zero-order chi connectivity index (χ0) is 14.3. The van der Waals surface area contributed by atoms with Crippen LogP contribution in [0.3, 0.4) is 0 Å². The van der Waals surface area contributed by atoms with E-state index in [0.29, 0.717) is 6.42 Å². The van der Waals surface area contributed by atoms with Gasteiger partial charge in [0.25, 0.3) is 0 Å². The smallest absolute Gasteiger partial charge is 0.244 e. The second kappa shape index (κ2) is 7.59. The van der Waals surface area contributed by atoms with E-state index in [1.54, 1.807) is 13.2 Å². The highest BCUT2D eigenvalue weighted by Gasteiger charge is 2.08. The lowest BCUT2D eigenvalue weighted by Crippen LogP contribution is -2.31. The molecule has 0 aliphatic rings. The number of ether oxygens (including phenoxy) is 1. The topological polar surface area (TPSA) is 58.6 Å². The van der Waals surface area contributed by atoms with Crippen molar-refractivity contribution in [3.63, 3.8) is 0 Å². The molecule has 0 bridgehead atoms. The summed E-state index contributed by atoms with van der Waals surface area (Å²) in [5.41, 5.74) is 1.74. The lowest BCUT2D eigenvalue weighted by molar-refractivity contribution is -0.117. The Labute approximate surface area is 114 Å². The summed E-state index contributed by atoms with van der Waals surface area (Å²) < 4.78 is 5.26. The van der Waals surface area contributed by atoms with Crippen molar-refractivity contribution in [3.05, 3.63) is 35.9 Å². The number of aliphatic hydroxyl groups excluding tert-OH is 1. The van der Waals surface area contributed by atoms with E-state index in [9.17, 15) is 4.79 Å². The summed E-state index contributed by atoms with van der Waals surface area (Å²) in [5, 5.41) is 11.6. The van der Waals surface area contributed by atoms with Crippen LogP contribution in [0.4, 0.5) is 0 Å². The van der Waals surface area contributed by atoms with E-state index in [2.05, 4.69) is 5.32 Å². The van der Waals surface area contributed by atoms with E-state index >= 15 is 0 Å². The molecule has 1 aromatic rings. The van der Waals surface area contributed by atoms with Crippen LogP contribution in [-0.2, 0) is 4.79 Å². The monoisotopic (exact) mass is 263 g/mol. The number of aliphatic hydroxyl groups is 1. The van der Waals surface area contributed by atoms with Crippen LogP contribution >= 0.6 is 0 Å². The molecule has 104 valence electrons. The van der Waals surface area contributed by atoms with E-state index in [1.807, 2.05) is 38.1 Å². The lowest BCUT2D eigenvalue weighted by atomic mass is 10.1. The predicted molar refractivity (Wildman–Crippen MR) is 76.0 cm³/mol. The minimum atomic E-state index is -0.163. The highest BCUT2D eigenvalue weighted by Crippen LogP contribution is 2.24. The Morgan fingerprint density at radius 3 is 2.79 bits per heavy atom. The SMILES string of the molecule is COc1ccccc1/C(C)=C/C(=O)N[C@H](C)CCO. The average Bonchev–Trinajstić information content (AvgIpc) is 2.38. The van der Waals surface area contributed by atoms with Gasteiger partial charge in [-0.05, 0) is 31.9 Å². The van der Waals surface area contributed by atoms with Gasteiger partial charge in [0.2, 0.25) is 5.91 Å². The minimum Gasteiger partial charge on any atom is -0.496 e. The Morgan fingerprint density at radius 2 is 2.16 bits per heavy atom. The molecule has 19 heavy (non-hydrogen) atoms. The van der Waals surface area contributed by atoms with Crippen molar-refractivity contribution in [2.75, 3.05) is 13.7 Å². The van der Waals surface area contributed by atoms with E-state index in [4.69, 9.17) is 9.84 Å². The molecule has 1 aromatic carbocycles. The molecule has 0 radical (unpaired) electrons. The first-order valence-electron chi connectivity index (χ1n) is 6.31. The van der Waals surface area contributed by atoms with Crippen LogP contribution in [0.5, 0.6) is 5.75 Å². The van der Waals surface area contributed by atoms with Crippen molar-refractivity contribution in [3.8, 4) is 5.75 Å². The number of nitrogens with one attached hydrogen (secondary N) is 1. The van der Waals surface area contributed by atoms with E-state index in [0.717, 1.165) is 16.9 Å². The van der Waals surface area contributed by atoms with Crippen LogP contribution in [0.25, 0.3) is 5.57 Å². The predicted octanol–water partition coefficient (Wildman–Crippen LogP) is 1.99. The van der Waals surface area contributed by atoms with Gasteiger partial charge in [0, 0.05) is 24.3 Å². The molecule has 1 atom stereocenters. The third kappa shape index (κ3) is 4.75. The Bertz CT molecular complexity index is 454. The van der Waals surface area contributed by atoms with Gasteiger partial charge < -0.3 is 15.2 Å². The van der Waals surface area contributed by atoms with E-state index < -0.39 is 0 Å². The summed E-state index contributed by atoms with van der Waals surface area (Å²) in [7, 11) is 1.61. The fraction of sp³-hybridized carbons (Fsp3) is 0.400. The van der Waals surface area contributed by atoms with Gasteiger partial charge in [-0.25, -0.2) is 0 Å². The molecule has 0 saturated carbocycles. The third-order valence-electron chi connectivity index (χ3n) is 2.83. The molecule has 0 spiro atoms. The number of benzene rings is 1. The van der Waals surface area contributed by atoms with Crippen molar-refractivity contribution < 1.29 is 14.6 Å². The van der Waals surface area contributed by atoms with Crippen molar-refractivity contribution in [2.45, 2.75) is 26.3 Å². The number of hydrogen-bond donors (Lipinski definition) is 2. The van der Waals surface area contributed by atoms with Gasteiger partial charge in [0.05, 0.1) is 7.11 Å². The first kappa shape index (κ1) is 15.2. The normalized spacial score (nSPS) is 12.9. The van der Waals surface area contributed by atoms with Crippen molar-refractivity contribution in [2.24, 2.45) is 0 Å². The fourth-order valence-electron chi connectivity index (χ4n) is 1.80. The van der Waals surface area contributed by atoms with Crippen LogP contribution in [0.1, 0.15) is 25.8 Å². The molecule has 1 amide bonds.